The molecule has 36 heavy (non-hydrogen) atoms. The van der Waals surface area contributed by atoms with Crippen LogP contribution in [-0.2, 0) is 4.79 Å². The number of hydrogen-bond donors (Lipinski definition) is 3. The van der Waals surface area contributed by atoms with Crippen molar-refractivity contribution in [3.8, 4) is 0 Å². The van der Waals surface area contributed by atoms with E-state index in [2.05, 4.69) is 12.2 Å². The summed E-state index contributed by atoms with van der Waals surface area (Å²) < 4.78 is 0. The normalized spacial score (nSPS) is 20.3. The number of amides is 2. The van der Waals surface area contributed by atoms with Gasteiger partial charge in [-0.25, -0.2) is 4.79 Å². The second-order valence-electron chi connectivity index (χ2n) is 10.1. The van der Waals surface area contributed by atoms with Crippen LogP contribution in [0.15, 0.2) is 48.5 Å². The smallest absolute Gasteiger partial charge is 0.335 e. The predicted octanol–water partition coefficient (Wildman–Crippen LogP) is 4.98. The summed E-state index contributed by atoms with van der Waals surface area (Å²) in [7, 11) is 0. The van der Waals surface area contributed by atoms with Crippen molar-refractivity contribution in [2.24, 2.45) is 17.1 Å². The topological polar surface area (TPSA) is 127 Å². The van der Waals surface area contributed by atoms with E-state index in [-0.39, 0.29) is 40.3 Å². The first-order valence-electron chi connectivity index (χ1n) is 12.7. The Labute approximate surface area is 212 Å². The fourth-order valence-electron chi connectivity index (χ4n) is 5.02. The van der Waals surface area contributed by atoms with E-state index in [1.54, 1.807) is 30.3 Å². The molecule has 0 bridgehead atoms. The molecule has 1 fully saturated rings. The number of carbonyl (C=O) groups is 4. The van der Waals surface area contributed by atoms with Crippen molar-refractivity contribution in [1.29, 1.82) is 0 Å². The Morgan fingerprint density at radius 3 is 2.25 bits per heavy atom. The number of nitrogens with one attached hydrogen (secondary N) is 1. The van der Waals surface area contributed by atoms with Crippen LogP contribution in [-0.4, -0.2) is 34.7 Å². The number of nitrogens with two attached hydrogens (primary N) is 1. The molecule has 0 heterocycles. The van der Waals surface area contributed by atoms with Crippen LogP contribution >= 0.6 is 0 Å². The van der Waals surface area contributed by atoms with Crippen LogP contribution in [0.1, 0.15) is 102 Å². The fourth-order valence-corrected chi connectivity index (χ4v) is 5.02. The molecule has 0 spiro atoms. The molecule has 0 saturated heterocycles. The molecule has 1 unspecified atom stereocenters. The molecule has 192 valence electrons. The standard InChI is InChI=1S/C29H36N2O5/c1-3-4-6-11-24(19-14-16-29(2,17-15-19)28(30)36)31-26(33)23-18-21(27(34)35)12-13-22(23)25(32)20-9-7-5-8-10-20/h5,7-10,12-13,18-19,24H,3-4,6,11,14-17H2,1-2H3,(H2,30,36)(H,31,33)(H,34,35). The minimum Gasteiger partial charge on any atom is -0.478 e. The van der Waals surface area contributed by atoms with Gasteiger partial charge in [0.05, 0.1) is 11.1 Å². The maximum Gasteiger partial charge on any atom is 0.335 e. The molecular formula is C29H36N2O5. The highest BCUT2D eigenvalue weighted by molar-refractivity contribution is 6.16. The van der Waals surface area contributed by atoms with Gasteiger partial charge in [0.15, 0.2) is 5.78 Å². The van der Waals surface area contributed by atoms with Crippen molar-refractivity contribution in [3.63, 3.8) is 0 Å². The van der Waals surface area contributed by atoms with Crippen molar-refractivity contribution >= 4 is 23.6 Å². The number of unbranched alkanes of at least 4 members (excludes halogenated alkanes) is 2. The van der Waals surface area contributed by atoms with Crippen LogP contribution in [0.5, 0.6) is 0 Å². The Hall–Kier alpha value is -3.48. The predicted molar refractivity (Wildman–Crippen MR) is 138 cm³/mol. The first-order valence-corrected chi connectivity index (χ1v) is 12.7. The summed E-state index contributed by atoms with van der Waals surface area (Å²) in [5.41, 5.74) is 5.69. The summed E-state index contributed by atoms with van der Waals surface area (Å²) in [6.07, 6.45) is 6.65. The van der Waals surface area contributed by atoms with Gasteiger partial charge in [0, 0.05) is 22.6 Å². The highest BCUT2D eigenvalue weighted by atomic mass is 16.4. The number of hydrogen-bond acceptors (Lipinski definition) is 4. The SMILES string of the molecule is CCCCCC(NC(=O)c1cc(C(=O)O)ccc1C(=O)c1ccccc1)C1CCC(C)(C(N)=O)CC1. The van der Waals surface area contributed by atoms with E-state index in [1.165, 1.54) is 18.2 Å². The molecule has 4 N–H and O–H groups in total. The maximum atomic E-state index is 13.6. The zero-order valence-electron chi connectivity index (χ0n) is 21.1. The average molecular weight is 493 g/mol. The van der Waals surface area contributed by atoms with Gasteiger partial charge < -0.3 is 16.2 Å². The quantitative estimate of drug-likeness (QED) is 0.301. The number of aromatic carboxylic acids is 1. The Kier molecular flexibility index (Phi) is 9.02. The van der Waals surface area contributed by atoms with Gasteiger partial charge in [-0.1, -0.05) is 63.4 Å². The average Bonchev–Trinajstić information content (AvgIpc) is 2.88. The Bertz CT molecular complexity index is 1100. The minimum absolute atomic E-state index is 0.0535. The summed E-state index contributed by atoms with van der Waals surface area (Å²) >= 11 is 0. The van der Waals surface area contributed by atoms with Gasteiger partial charge in [0.25, 0.3) is 5.91 Å². The van der Waals surface area contributed by atoms with Gasteiger partial charge in [-0.3, -0.25) is 14.4 Å². The minimum atomic E-state index is -1.17. The van der Waals surface area contributed by atoms with Crippen molar-refractivity contribution in [3.05, 3.63) is 70.8 Å². The number of carboxylic acid groups (broad SMARTS) is 1. The van der Waals surface area contributed by atoms with E-state index in [0.29, 0.717) is 18.4 Å². The second-order valence-corrected chi connectivity index (χ2v) is 10.1. The lowest BCUT2D eigenvalue weighted by atomic mass is 9.69. The van der Waals surface area contributed by atoms with Gasteiger partial charge in [-0.2, -0.15) is 0 Å². The summed E-state index contributed by atoms with van der Waals surface area (Å²) in [6.45, 7) is 4.01. The lowest BCUT2D eigenvalue weighted by Crippen LogP contribution is -2.45. The third-order valence-electron chi connectivity index (χ3n) is 7.52. The van der Waals surface area contributed by atoms with Crippen LogP contribution < -0.4 is 11.1 Å². The van der Waals surface area contributed by atoms with Crippen LogP contribution in [0, 0.1) is 11.3 Å². The van der Waals surface area contributed by atoms with E-state index in [0.717, 1.165) is 38.5 Å². The Morgan fingerprint density at radius 2 is 1.67 bits per heavy atom. The third-order valence-corrected chi connectivity index (χ3v) is 7.52. The van der Waals surface area contributed by atoms with Gasteiger partial charge in [-0.15, -0.1) is 0 Å². The van der Waals surface area contributed by atoms with Gasteiger partial charge in [-0.05, 0) is 56.2 Å². The molecule has 2 aromatic rings. The van der Waals surface area contributed by atoms with Crippen LogP contribution in [0.2, 0.25) is 0 Å². The van der Waals surface area contributed by atoms with Crippen LogP contribution in [0.4, 0.5) is 0 Å². The molecule has 1 aliphatic carbocycles. The van der Waals surface area contributed by atoms with E-state index in [4.69, 9.17) is 5.73 Å². The second kappa shape index (κ2) is 12.0. The maximum absolute atomic E-state index is 13.6. The van der Waals surface area contributed by atoms with E-state index >= 15 is 0 Å². The van der Waals surface area contributed by atoms with Crippen molar-refractivity contribution < 1.29 is 24.3 Å². The van der Waals surface area contributed by atoms with Crippen molar-refractivity contribution in [1.82, 2.24) is 5.32 Å². The summed E-state index contributed by atoms with van der Waals surface area (Å²) in [4.78, 5) is 50.3. The number of carboxylic acids is 1. The zero-order valence-corrected chi connectivity index (χ0v) is 21.1. The molecule has 1 atom stereocenters. The van der Waals surface area contributed by atoms with Gasteiger partial charge in [0.1, 0.15) is 0 Å². The molecule has 7 nitrogen and oxygen atoms in total. The summed E-state index contributed by atoms with van der Waals surface area (Å²) in [5.74, 6) is -2.08. The Morgan fingerprint density at radius 1 is 1.00 bits per heavy atom. The van der Waals surface area contributed by atoms with Crippen molar-refractivity contribution in [2.45, 2.75) is 71.3 Å². The lowest BCUT2D eigenvalue weighted by Gasteiger charge is -2.38. The zero-order chi connectivity index (χ0) is 26.3. The molecule has 1 aliphatic rings. The lowest BCUT2D eigenvalue weighted by molar-refractivity contribution is -0.129. The van der Waals surface area contributed by atoms with E-state index in [1.807, 2.05) is 6.92 Å². The third kappa shape index (κ3) is 6.39. The number of ketones is 1. The fraction of sp³-hybridized carbons (Fsp3) is 0.448. The van der Waals surface area contributed by atoms with Gasteiger partial charge >= 0.3 is 5.97 Å². The molecule has 1 saturated carbocycles. The van der Waals surface area contributed by atoms with E-state index in [9.17, 15) is 24.3 Å². The van der Waals surface area contributed by atoms with E-state index < -0.39 is 17.3 Å². The first-order chi connectivity index (χ1) is 17.2. The molecule has 2 aromatic carbocycles. The number of primary amides is 1. The van der Waals surface area contributed by atoms with Gasteiger partial charge in [0.2, 0.25) is 5.91 Å². The molecule has 0 aromatic heterocycles. The summed E-state index contributed by atoms with van der Waals surface area (Å²) in [5, 5.41) is 12.6. The highest BCUT2D eigenvalue weighted by Gasteiger charge is 2.38. The molecule has 2 amide bonds. The number of carbonyl (C=O) groups excluding carboxylic acids is 3. The number of benzene rings is 2. The molecule has 0 aliphatic heterocycles. The molecular weight excluding hydrogens is 456 g/mol. The first kappa shape index (κ1) is 27.1. The Balaban J connectivity index is 1.88. The van der Waals surface area contributed by atoms with Crippen LogP contribution in [0.3, 0.4) is 0 Å². The monoisotopic (exact) mass is 492 g/mol. The number of rotatable bonds is 11. The molecule has 7 heteroatoms. The van der Waals surface area contributed by atoms with Crippen LogP contribution in [0.25, 0.3) is 0 Å². The van der Waals surface area contributed by atoms with Crippen molar-refractivity contribution in [2.75, 3.05) is 0 Å². The molecule has 3 rings (SSSR count). The summed E-state index contributed by atoms with van der Waals surface area (Å²) in [6, 6.07) is 12.5. The molecule has 0 radical (unpaired) electrons. The highest BCUT2D eigenvalue weighted by Crippen LogP contribution is 2.40. The largest absolute Gasteiger partial charge is 0.478 e.